The second-order valence-electron chi connectivity index (χ2n) is 4.84. The molecule has 0 amide bonds. The highest BCUT2D eigenvalue weighted by Gasteiger charge is 2.09. The summed E-state index contributed by atoms with van der Waals surface area (Å²) >= 11 is 0. The lowest BCUT2D eigenvalue weighted by atomic mass is 10.2. The molecule has 0 aliphatic heterocycles. The van der Waals surface area contributed by atoms with E-state index in [0.717, 1.165) is 0 Å². The molecule has 0 radical (unpaired) electrons. The van der Waals surface area contributed by atoms with Gasteiger partial charge in [0.25, 0.3) is 5.56 Å². The number of carbonyl (C=O) groups excluding carboxylic acids is 1. The Bertz CT molecular complexity index is 837. The van der Waals surface area contributed by atoms with Gasteiger partial charge in [-0.1, -0.05) is 13.0 Å². The molecule has 0 saturated carbocycles. The van der Waals surface area contributed by atoms with Crippen LogP contribution in [0.3, 0.4) is 0 Å². The van der Waals surface area contributed by atoms with Crippen molar-refractivity contribution in [1.29, 1.82) is 0 Å². The zero-order chi connectivity index (χ0) is 16.8. The van der Waals surface area contributed by atoms with Crippen molar-refractivity contribution >= 4 is 17.0 Å². The maximum Gasteiger partial charge on any atom is 0.337 e. The predicted molar refractivity (Wildman–Crippen MR) is 86.0 cm³/mol. The minimum absolute atomic E-state index is 0.217. The smallest absolute Gasteiger partial charge is 0.337 e. The topological polar surface area (TPSA) is 72.0 Å². The molecular weight excluding hydrogens is 299 g/mol. The fourth-order valence-corrected chi connectivity index (χ4v) is 2.05. The Morgan fingerprint density at radius 3 is 2.91 bits per heavy atom. The zero-order valence-electron chi connectivity index (χ0n) is 12.9. The highest BCUT2D eigenvalue weighted by molar-refractivity contribution is 5.93. The van der Waals surface area contributed by atoms with E-state index in [1.807, 2.05) is 6.92 Å². The number of hydrogen-bond acceptors (Lipinski definition) is 4. The fourth-order valence-electron chi connectivity index (χ4n) is 2.05. The van der Waals surface area contributed by atoms with Crippen molar-refractivity contribution in [2.75, 3.05) is 7.11 Å². The average molecular weight is 316 g/mol. The molecule has 0 saturated heterocycles. The van der Waals surface area contributed by atoms with Crippen LogP contribution in [0.5, 0.6) is 0 Å². The second kappa shape index (κ2) is 7.49. The number of hydrogen-bond donors (Lipinski definition) is 1. The van der Waals surface area contributed by atoms with Crippen molar-refractivity contribution in [3.05, 3.63) is 63.9 Å². The van der Waals surface area contributed by atoms with Crippen molar-refractivity contribution < 1.29 is 13.9 Å². The van der Waals surface area contributed by atoms with Gasteiger partial charge in [0.05, 0.1) is 23.7 Å². The largest absolute Gasteiger partial charge is 0.465 e. The number of carbonyl (C=O) groups is 1. The van der Waals surface area contributed by atoms with Crippen LogP contribution in [0.1, 0.15) is 29.4 Å². The van der Waals surface area contributed by atoms with Gasteiger partial charge in [-0.25, -0.2) is 14.2 Å². The Morgan fingerprint density at radius 1 is 1.43 bits per heavy atom. The monoisotopic (exact) mass is 316 g/mol. The maximum absolute atomic E-state index is 13.2. The molecule has 120 valence electrons. The van der Waals surface area contributed by atoms with Gasteiger partial charge in [0.2, 0.25) is 0 Å². The van der Waals surface area contributed by atoms with Gasteiger partial charge in [-0.3, -0.25) is 4.79 Å². The van der Waals surface area contributed by atoms with Gasteiger partial charge in [0.1, 0.15) is 11.5 Å². The third kappa shape index (κ3) is 4.12. The van der Waals surface area contributed by atoms with E-state index in [0.29, 0.717) is 23.0 Å². The lowest BCUT2D eigenvalue weighted by molar-refractivity contribution is 0.0601. The number of nitrogens with one attached hydrogen (secondary N) is 1. The van der Waals surface area contributed by atoms with Crippen LogP contribution in [-0.2, 0) is 11.2 Å². The minimum Gasteiger partial charge on any atom is -0.465 e. The number of aromatic amines is 1. The van der Waals surface area contributed by atoms with Crippen molar-refractivity contribution in [2.45, 2.75) is 19.8 Å². The van der Waals surface area contributed by atoms with Crippen LogP contribution in [0.4, 0.5) is 4.39 Å². The SMILES string of the molecule is CC/C=C(F)\C=C/Cc1nc2ccc(C(=O)OC)cc2[nH]c1=O. The highest BCUT2D eigenvalue weighted by Crippen LogP contribution is 2.12. The third-order valence-electron chi connectivity index (χ3n) is 3.17. The number of aromatic nitrogens is 2. The molecule has 0 fully saturated rings. The molecule has 5 nitrogen and oxygen atoms in total. The van der Waals surface area contributed by atoms with Crippen LogP contribution in [-0.4, -0.2) is 23.0 Å². The van der Waals surface area contributed by atoms with Gasteiger partial charge >= 0.3 is 5.97 Å². The summed E-state index contributed by atoms with van der Waals surface area (Å²) in [5.74, 6) is -0.828. The van der Waals surface area contributed by atoms with Crippen LogP contribution >= 0.6 is 0 Å². The molecule has 0 spiro atoms. The van der Waals surface area contributed by atoms with Crippen LogP contribution in [0.25, 0.3) is 11.0 Å². The standard InChI is InChI=1S/C17H17FN2O3/c1-3-5-12(18)6-4-7-14-16(21)20-15-10-11(17(22)23-2)8-9-13(15)19-14/h4-6,8-10H,3,7H2,1-2H3,(H,20,21)/b6-4-,12-5+. The Morgan fingerprint density at radius 2 is 2.22 bits per heavy atom. The molecule has 0 aliphatic rings. The highest BCUT2D eigenvalue weighted by atomic mass is 19.1. The number of H-pyrrole nitrogens is 1. The molecule has 1 heterocycles. The number of rotatable bonds is 5. The summed E-state index contributed by atoms with van der Waals surface area (Å²) in [7, 11) is 1.29. The molecule has 2 rings (SSSR count). The lowest BCUT2D eigenvalue weighted by Gasteiger charge is -2.03. The van der Waals surface area contributed by atoms with Crippen LogP contribution in [0, 0.1) is 0 Å². The summed E-state index contributed by atoms with van der Waals surface area (Å²) in [6.07, 6.45) is 5.13. The van der Waals surface area contributed by atoms with Gasteiger partial charge in [-0.15, -0.1) is 0 Å². The fraction of sp³-hybridized carbons (Fsp3) is 0.235. The molecule has 6 heteroatoms. The molecule has 1 N–H and O–H groups in total. The van der Waals surface area contributed by atoms with Gasteiger partial charge in [-0.05, 0) is 36.8 Å². The number of methoxy groups -OCH3 is 1. The number of nitrogens with zero attached hydrogens (tertiary/aromatic N) is 1. The van der Waals surface area contributed by atoms with E-state index in [2.05, 4.69) is 14.7 Å². The molecule has 1 aromatic carbocycles. The Hall–Kier alpha value is -2.76. The first kappa shape index (κ1) is 16.6. The summed E-state index contributed by atoms with van der Waals surface area (Å²) in [6, 6.07) is 4.71. The van der Waals surface area contributed by atoms with E-state index in [1.54, 1.807) is 18.2 Å². The predicted octanol–water partition coefficient (Wildman–Crippen LogP) is 3.07. The number of benzene rings is 1. The van der Waals surface area contributed by atoms with E-state index < -0.39 is 5.97 Å². The number of allylic oxidation sites excluding steroid dienone is 4. The molecule has 0 unspecified atom stereocenters. The normalized spacial score (nSPS) is 12.0. The van der Waals surface area contributed by atoms with Gasteiger partial charge in [-0.2, -0.15) is 0 Å². The van der Waals surface area contributed by atoms with Crippen LogP contribution in [0.2, 0.25) is 0 Å². The lowest BCUT2D eigenvalue weighted by Crippen LogP contribution is -2.15. The average Bonchev–Trinajstić information content (AvgIpc) is 2.54. The molecule has 0 aliphatic carbocycles. The number of fused-ring (bicyclic) bond motifs is 1. The van der Waals surface area contributed by atoms with Crippen LogP contribution < -0.4 is 5.56 Å². The Balaban J connectivity index is 2.30. The number of esters is 1. The summed E-state index contributed by atoms with van der Waals surface area (Å²) in [6.45, 7) is 1.84. The van der Waals surface area contributed by atoms with Crippen molar-refractivity contribution in [2.24, 2.45) is 0 Å². The number of ether oxygens (including phenoxy) is 1. The van der Waals surface area contributed by atoms with E-state index in [4.69, 9.17) is 0 Å². The molecule has 0 bridgehead atoms. The molecule has 23 heavy (non-hydrogen) atoms. The third-order valence-corrected chi connectivity index (χ3v) is 3.17. The first-order valence-corrected chi connectivity index (χ1v) is 7.18. The van der Waals surface area contributed by atoms with E-state index in [9.17, 15) is 14.0 Å². The molecular formula is C17H17FN2O3. The van der Waals surface area contributed by atoms with Crippen molar-refractivity contribution in [1.82, 2.24) is 9.97 Å². The van der Waals surface area contributed by atoms with E-state index in [1.165, 1.54) is 25.3 Å². The Labute approximate surface area is 132 Å². The second-order valence-corrected chi connectivity index (χ2v) is 4.84. The quantitative estimate of drug-likeness (QED) is 0.679. The van der Waals surface area contributed by atoms with Crippen LogP contribution in [0.15, 0.2) is 47.0 Å². The van der Waals surface area contributed by atoms with Crippen molar-refractivity contribution in [3.63, 3.8) is 0 Å². The maximum atomic E-state index is 13.2. The number of halogens is 1. The summed E-state index contributed by atoms with van der Waals surface area (Å²) in [5.41, 5.74) is 1.23. The summed E-state index contributed by atoms with van der Waals surface area (Å²) in [5, 5.41) is 0. The van der Waals surface area contributed by atoms with Crippen molar-refractivity contribution in [3.8, 4) is 0 Å². The molecule has 2 aromatic rings. The molecule has 1 aromatic heterocycles. The van der Waals surface area contributed by atoms with Gasteiger partial charge in [0.15, 0.2) is 0 Å². The van der Waals surface area contributed by atoms with Gasteiger partial charge in [0, 0.05) is 6.42 Å². The van der Waals surface area contributed by atoms with E-state index >= 15 is 0 Å². The first-order chi connectivity index (χ1) is 11.0. The minimum atomic E-state index is -0.488. The summed E-state index contributed by atoms with van der Waals surface area (Å²) < 4.78 is 17.9. The van der Waals surface area contributed by atoms with Gasteiger partial charge < -0.3 is 9.72 Å². The molecule has 0 atom stereocenters. The Kier molecular flexibility index (Phi) is 5.41. The first-order valence-electron chi connectivity index (χ1n) is 7.18. The summed E-state index contributed by atoms with van der Waals surface area (Å²) in [4.78, 5) is 30.4. The zero-order valence-corrected chi connectivity index (χ0v) is 12.9. The van der Waals surface area contributed by atoms with E-state index in [-0.39, 0.29) is 23.5 Å².